The lowest BCUT2D eigenvalue weighted by Crippen LogP contribution is -2.12. The number of carbonyl (C=O) groups excluding carboxylic acids is 1. The lowest BCUT2D eigenvalue weighted by Gasteiger charge is -2.14. The number of esters is 1. The van der Waals surface area contributed by atoms with E-state index in [0.29, 0.717) is 5.69 Å². The molecule has 3 aromatic rings. The zero-order chi connectivity index (χ0) is 20.5. The zero-order valence-electron chi connectivity index (χ0n) is 15.8. The van der Waals surface area contributed by atoms with Crippen LogP contribution in [0.15, 0.2) is 45.3 Å². The number of aromatic nitrogens is 1. The van der Waals surface area contributed by atoms with Gasteiger partial charge in [0.05, 0.1) is 18.4 Å². The van der Waals surface area contributed by atoms with Crippen molar-refractivity contribution in [2.24, 2.45) is 0 Å². The number of anilines is 1. The summed E-state index contributed by atoms with van der Waals surface area (Å²) in [6.45, 7) is 6.26. The predicted octanol–water partition coefficient (Wildman–Crippen LogP) is 4.76. The summed E-state index contributed by atoms with van der Waals surface area (Å²) in [7, 11) is -2.50. The standard InChI is InChI=1S/C19H20N2O4S3/c1-19(2,3)15-11-27-17(20-15)13-9-16(26-10-13)28(23,24)21-14-7-5-6-12(8-14)18(22)25-4/h5-11,21H,1-4H3. The van der Waals surface area contributed by atoms with Gasteiger partial charge < -0.3 is 4.74 Å². The Bertz CT molecular complexity index is 1110. The van der Waals surface area contributed by atoms with E-state index < -0.39 is 16.0 Å². The number of rotatable bonds is 5. The monoisotopic (exact) mass is 436 g/mol. The topological polar surface area (TPSA) is 85.4 Å². The molecule has 0 fully saturated rings. The Morgan fingerprint density at radius 1 is 1.14 bits per heavy atom. The van der Waals surface area contributed by atoms with Gasteiger partial charge in [0.15, 0.2) is 0 Å². The number of carbonyl (C=O) groups is 1. The minimum atomic E-state index is -3.78. The van der Waals surface area contributed by atoms with E-state index in [1.54, 1.807) is 29.6 Å². The van der Waals surface area contributed by atoms with Crippen LogP contribution in [-0.4, -0.2) is 26.5 Å². The normalized spacial score (nSPS) is 12.0. The number of thiazole rings is 1. The van der Waals surface area contributed by atoms with Gasteiger partial charge in [-0.3, -0.25) is 4.72 Å². The highest BCUT2D eigenvalue weighted by Crippen LogP contribution is 2.34. The molecule has 6 nitrogen and oxygen atoms in total. The van der Waals surface area contributed by atoms with Crippen molar-refractivity contribution < 1.29 is 17.9 Å². The van der Waals surface area contributed by atoms with Crippen LogP contribution in [0.2, 0.25) is 0 Å². The van der Waals surface area contributed by atoms with Gasteiger partial charge in [-0.2, -0.15) is 0 Å². The summed E-state index contributed by atoms with van der Waals surface area (Å²) < 4.78 is 32.8. The van der Waals surface area contributed by atoms with Crippen LogP contribution in [0.1, 0.15) is 36.8 Å². The van der Waals surface area contributed by atoms with Crippen LogP contribution in [0.5, 0.6) is 0 Å². The number of thiophene rings is 1. The molecule has 0 aliphatic heterocycles. The number of nitrogens with zero attached hydrogens (tertiary/aromatic N) is 1. The molecule has 0 aliphatic rings. The van der Waals surface area contributed by atoms with Crippen molar-refractivity contribution in [3.63, 3.8) is 0 Å². The second kappa shape index (κ2) is 7.65. The van der Waals surface area contributed by atoms with Crippen molar-refractivity contribution >= 4 is 44.4 Å². The Morgan fingerprint density at radius 2 is 1.89 bits per heavy atom. The van der Waals surface area contributed by atoms with E-state index in [4.69, 9.17) is 0 Å². The van der Waals surface area contributed by atoms with E-state index >= 15 is 0 Å². The molecule has 9 heteroatoms. The molecule has 0 radical (unpaired) electrons. The van der Waals surface area contributed by atoms with Crippen LogP contribution in [0.3, 0.4) is 0 Å². The van der Waals surface area contributed by atoms with Crippen LogP contribution < -0.4 is 4.72 Å². The summed E-state index contributed by atoms with van der Waals surface area (Å²) in [6.07, 6.45) is 0. The van der Waals surface area contributed by atoms with Gasteiger partial charge in [0, 0.05) is 27.4 Å². The fourth-order valence-electron chi connectivity index (χ4n) is 2.35. The van der Waals surface area contributed by atoms with E-state index in [1.165, 1.54) is 24.5 Å². The Labute approximate surface area is 172 Å². The SMILES string of the molecule is COC(=O)c1cccc(NS(=O)(=O)c2cc(-c3nc(C(C)(C)C)cs3)cs2)c1. The van der Waals surface area contributed by atoms with Crippen molar-refractivity contribution in [2.75, 3.05) is 11.8 Å². The molecule has 0 amide bonds. The number of benzene rings is 1. The number of ether oxygens (including phenoxy) is 1. The molecule has 0 bridgehead atoms. The molecule has 28 heavy (non-hydrogen) atoms. The van der Waals surface area contributed by atoms with Crippen LogP contribution in [0.25, 0.3) is 10.6 Å². The van der Waals surface area contributed by atoms with Gasteiger partial charge in [-0.15, -0.1) is 22.7 Å². The number of nitrogens with one attached hydrogen (secondary N) is 1. The average Bonchev–Trinajstić information content (AvgIpc) is 3.29. The third kappa shape index (κ3) is 4.43. The van der Waals surface area contributed by atoms with Gasteiger partial charge in [0.2, 0.25) is 0 Å². The van der Waals surface area contributed by atoms with E-state index in [0.717, 1.165) is 27.6 Å². The average molecular weight is 437 g/mol. The highest BCUT2D eigenvalue weighted by Gasteiger charge is 2.21. The van der Waals surface area contributed by atoms with E-state index in [9.17, 15) is 13.2 Å². The van der Waals surface area contributed by atoms with Crippen LogP contribution in [0, 0.1) is 0 Å². The van der Waals surface area contributed by atoms with Gasteiger partial charge in [0.1, 0.15) is 9.22 Å². The van der Waals surface area contributed by atoms with Crippen molar-refractivity contribution in [3.8, 4) is 10.6 Å². The molecular formula is C19H20N2O4S3. The summed E-state index contributed by atoms with van der Waals surface area (Å²) in [5.74, 6) is -0.530. The molecular weight excluding hydrogens is 416 g/mol. The first kappa shape index (κ1) is 20.5. The molecule has 0 aliphatic carbocycles. The third-order valence-corrected chi connectivity index (χ3v) is 7.61. The Hall–Kier alpha value is -2.23. The van der Waals surface area contributed by atoms with Crippen molar-refractivity contribution in [2.45, 2.75) is 30.4 Å². The minimum absolute atomic E-state index is 0.0636. The maximum Gasteiger partial charge on any atom is 0.337 e. The second-order valence-electron chi connectivity index (χ2n) is 7.12. The van der Waals surface area contributed by atoms with Gasteiger partial charge >= 0.3 is 5.97 Å². The molecule has 0 saturated carbocycles. The highest BCUT2D eigenvalue weighted by molar-refractivity contribution is 7.94. The molecule has 0 atom stereocenters. The lowest BCUT2D eigenvalue weighted by atomic mass is 9.93. The number of hydrogen-bond donors (Lipinski definition) is 1. The van der Waals surface area contributed by atoms with Crippen LogP contribution >= 0.6 is 22.7 Å². The number of methoxy groups -OCH3 is 1. The molecule has 1 N–H and O–H groups in total. The van der Waals surface area contributed by atoms with E-state index in [-0.39, 0.29) is 15.2 Å². The van der Waals surface area contributed by atoms with E-state index in [1.807, 2.05) is 5.38 Å². The smallest absolute Gasteiger partial charge is 0.337 e. The first-order chi connectivity index (χ1) is 13.1. The molecule has 148 valence electrons. The largest absolute Gasteiger partial charge is 0.465 e. The second-order valence-corrected chi connectivity index (χ2v) is 10.8. The third-order valence-electron chi connectivity index (χ3n) is 3.90. The molecule has 0 saturated heterocycles. The lowest BCUT2D eigenvalue weighted by molar-refractivity contribution is 0.0600. The Morgan fingerprint density at radius 3 is 2.54 bits per heavy atom. The molecule has 0 unspecified atom stereocenters. The summed E-state index contributed by atoms with van der Waals surface area (Å²) >= 11 is 2.62. The first-order valence-corrected chi connectivity index (χ1v) is 11.6. The Balaban J connectivity index is 1.84. The maximum atomic E-state index is 12.7. The maximum absolute atomic E-state index is 12.7. The zero-order valence-corrected chi connectivity index (χ0v) is 18.3. The van der Waals surface area contributed by atoms with Crippen LogP contribution in [-0.2, 0) is 20.2 Å². The quantitative estimate of drug-likeness (QED) is 0.583. The summed E-state index contributed by atoms with van der Waals surface area (Å²) in [6, 6.07) is 7.78. The van der Waals surface area contributed by atoms with E-state index in [2.05, 4.69) is 35.2 Å². The number of hydrogen-bond acceptors (Lipinski definition) is 7. The van der Waals surface area contributed by atoms with Crippen molar-refractivity contribution in [1.29, 1.82) is 0 Å². The molecule has 1 aromatic carbocycles. The highest BCUT2D eigenvalue weighted by atomic mass is 32.2. The molecule has 2 aromatic heterocycles. The predicted molar refractivity (Wildman–Crippen MR) is 113 cm³/mol. The van der Waals surface area contributed by atoms with Crippen LogP contribution in [0.4, 0.5) is 5.69 Å². The molecule has 0 spiro atoms. The van der Waals surface area contributed by atoms with Gasteiger partial charge in [-0.25, -0.2) is 18.2 Å². The minimum Gasteiger partial charge on any atom is -0.465 e. The summed E-state index contributed by atoms with van der Waals surface area (Å²) in [5.41, 5.74) is 2.25. The fourth-order valence-corrected chi connectivity index (χ4v) is 5.68. The van der Waals surface area contributed by atoms with Crippen molar-refractivity contribution in [1.82, 2.24) is 4.98 Å². The molecule has 2 heterocycles. The van der Waals surface area contributed by atoms with Crippen molar-refractivity contribution in [3.05, 3.63) is 52.3 Å². The number of sulfonamides is 1. The summed E-state index contributed by atoms with van der Waals surface area (Å²) in [5, 5.41) is 4.57. The molecule has 3 rings (SSSR count). The van der Waals surface area contributed by atoms with Gasteiger partial charge in [-0.1, -0.05) is 26.8 Å². The Kier molecular flexibility index (Phi) is 5.60. The first-order valence-electron chi connectivity index (χ1n) is 8.36. The van der Waals surface area contributed by atoms with Gasteiger partial charge in [0.25, 0.3) is 10.0 Å². The van der Waals surface area contributed by atoms with Gasteiger partial charge in [-0.05, 0) is 24.3 Å². The summed E-state index contributed by atoms with van der Waals surface area (Å²) in [4.78, 5) is 16.3. The fraction of sp³-hybridized carbons (Fsp3) is 0.263.